The second-order valence-corrected chi connectivity index (χ2v) is 6.07. The summed E-state index contributed by atoms with van der Waals surface area (Å²) >= 11 is 3.53. The Labute approximate surface area is 155 Å². The molecule has 0 saturated carbocycles. The van der Waals surface area contributed by atoms with Crippen molar-refractivity contribution in [1.29, 1.82) is 0 Å². The SMILES string of the molecule is COc1ccc(Br)c(COc2cccnc2C#Cc2ccccc2)c1. The van der Waals surface area contributed by atoms with Crippen LogP contribution in [0.25, 0.3) is 0 Å². The molecule has 3 aromatic rings. The highest BCUT2D eigenvalue weighted by Gasteiger charge is 2.06. The molecule has 2 aromatic carbocycles. The second-order valence-electron chi connectivity index (χ2n) is 5.21. The molecule has 1 heterocycles. The quantitative estimate of drug-likeness (QED) is 0.594. The predicted molar refractivity (Wildman–Crippen MR) is 102 cm³/mol. The zero-order valence-corrected chi connectivity index (χ0v) is 15.3. The maximum atomic E-state index is 5.94. The molecule has 0 spiro atoms. The molecule has 0 N–H and O–H groups in total. The van der Waals surface area contributed by atoms with Gasteiger partial charge in [-0.25, -0.2) is 4.98 Å². The van der Waals surface area contributed by atoms with Gasteiger partial charge in [0, 0.05) is 21.8 Å². The third-order valence-corrected chi connectivity index (χ3v) is 4.28. The average molecular weight is 394 g/mol. The van der Waals surface area contributed by atoms with Gasteiger partial charge in [-0.05, 0) is 48.4 Å². The summed E-state index contributed by atoms with van der Waals surface area (Å²) in [5.74, 6) is 7.63. The third kappa shape index (κ3) is 4.62. The summed E-state index contributed by atoms with van der Waals surface area (Å²) in [6.07, 6.45) is 1.71. The Morgan fingerprint density at radius 3 is 2.64 bits per heavy atom. The summed E-state index contributed by atoms with van der Waals surface area (Å²) in [7, 11) is 1.65. The molecule has 1 aromatic heterocycles. The lowest BCUT2D eigenvalue weighted by Gasteiger charge is -2.10. The van der Waals surface area contributed by atoms with Gasteiger partial charge in [0.05, 0.1) is 7.11 Å². The number of hydrogen-bond donors (Lipinski definition) is 0. The minimum Gasteiger partial charge on any atom is -0.497 e. The van der Waals surface area contributed by atoms with E-state index in [4.69, 9.17) is 9.47 Å². The topological polar surface area (TPSA) is 31.4 Å². The van der Waals surface area contributed by atoms with Crippen LogP contribution in [0.1, 0.15) is 16.8 Å². The van der Waals surface area contributed by atoms with Crippen LogP contribution in [0.15, 0.2) is 71.3 Å². The van der Waals surface area contributed by atoms with Crippen LogP contribution < -0.4 is 9.47 Å². The van der Waals surface area contributed by atoms with E-state index >= 15 is 0 Å². The summed E-state index contributed by atoms with van der Waals surface area (Å²) in [6, 6.07) is 19.3. The molecular weight excluding hydrogens is 378 g/mol. The van der Waals surface area contributed by atoms with Gasteiger partial charge in [-0.1, -0.05) is 40.0 Å². The molecule has 3 rings (SSSR count). The normalized spacial score (nSPS) is 9.84. The molecule has 0 radical (unpaired) electrons. The number of hydrogen-bond acceptors (Lipinski definition) is 3. The standard InChI is InChI=1S/C21H16BrNO2/c1-24-18-10-11-19(22)17(14-18)15-25-21-8-5-13-23-20(21)12-9-16-6-3-2-4-7-16/h2-8,10-11,13-14H,15H2,1H3. The first kappa shape index (κ1) is 17.1. The summed E-state index contributed by atoms with van der Waals surface area (Å²) in [4.78, 5) is 4.33. The molecule has 0 aliphatic heterocycles. The number of halogens is 1. The van der Waals surface area contributed by atoms with Crippen LogP contribution in [0.3, 0.4) is 0 Å². The van der Waals surface area contributed by atoms with Crippen LogP contribution in [-0.4, -0.2) is 12.1 Å². The number of aromatic nitrogens is 1. The van der Waals surface area contributed by atoms with E-state index < -0.39 is 0 Å². The zero-order valence-electron chi connectivity index (χ0n) is 13.7. The maximum Gasteiger partial charge on any atom is 0.155 e. The Hall–Kier alpha value is -2.77. The van der Waals surface area contributed by atoms with Crippen LogP contribution in [0.5, 0.6) is 11.5 Å². The molecule has 0 aliphatic rings. The van der Waals surface area contributed by atoms with Crippen LogP contribution in [-0.2, 0) is 6.61 Å². The van der Waals surface area contributed by atoms with Crippen molar-refractivity contribution in [3.05, 3.63) is 88.2 Å². The number of ether oxygens (including phenoxy) is 2. The lowest BCUT2D eigenvalue weighted by molar-refractivity contribution is 0.302. The van der Waals surface area contributed by atoms with Crippen molar-refractivity contribution < 1.29 is 9.47 Å². The Balaban J connectivity index is 1.79. The zero-order chi connectivity index (χ0) is 17.5. The minimum atomic E-state index is 0.392. The van der Waals surface area contributed by atoms with Gasteiger partial charge in [-0.2, -0.15) is 0 Å². The number of pyridine rings is 1. The molecule has 0 unspecified atom stereocenters. The van der Waals surface area contributed by atoms with E-state index in [2.05, 4.69) is 32.8 Å². The summed E-state index contributed by atoms with van der Waals surface area (Å²) in [6.45, 7) is 0.392. The molecule has 0 fully saturated rings. The van der Waals surface area contributed by atoms with Gasteiger partial charge in [-0.3, -0.25) is 0 Å². The van der Waals surface area contributed by atoms with E-state index in [1.807, 2.05) is 60.7 Å². The van der Waals surface area contributed by atoms with Crippen molar-refractivity contribution in [3.8, 4) is 23.3 Å². The first-order chi connectivity index (χ1) is 12.3. The first-order valence-electron chi connectivity index (χ1n) is 7.73. The minimum absolute atomic E-state index is 0.392. The van der Waals surface area contributed by atoms with Crippen LogP contribution in [0, 0.1) is 11.8 Å². The van der Waals surface area contributed by atoms with E-state index in [-0.39, 0.29) is 0 Å². The van der Waals surface area contributed by atoms with Crippen molar-refractivity contribution in [3.63, 3.8) is 0 Å². The summed E-state index contributed by atoms with van der Waals surface area (Å²) in [5, 5.41) is 0. The molecular formula is C21H16BrNO2. The van der Waals surface area contributed by atoms with Crippen molar-refractivity contribution in [2.75, 3.05) is 7.11 Å². The van der Waals surface area contributed by atoms with E-state index in [1.54, 1.807) is 13.3 Å². The highest BCUT2D eigenvalue weighted by atomic mass is 79.9. The molecule has 3 nitrogen and oxygen atoms in total. The van der Waals surface area contributed by atoms with Crippen LogP contribution in [0.2, 0.25) is 0 Å². The number of rotatable bonds is 4. The van der Waals surface area contributed by atoms with Crippen molar-refractivity contribution in [2.24, 2.45) is 0 Å². The molecule has 124 valence electrons. The Morgan fingerprint density at radius 2 is 1.84 bits per heavy atom. The van der Waals surface area contributed by atoms with Crippen molar-refractivity contribution in [1.82, 2.24) is 4.98 Å². The Bertz CT molecular complexity index is 914. The molecule has 0 saturated heterocycles. The van der Waals surface area contributed by atoms with Crippen LogP contribution in [0.4, 0.5) is 0 Å². The Morgan fingerprint density at radius 1 is 1.00 bits per heavy atom. The first-order valence-corrected chi connectivity index (χ1v) is 8.53. The number of nitrogens with zero attached hydrogens (tertiary/aromatic N) is 1. The second kappa shape index (κ2) is 8.36. The highest BCUT2D eigenvalue weighted by Crippen LogP contribution is 2.24. The fourth-order valence-electron chi connectivity index (χ4n) is 2.20. The van der Waals surface area contributed by atoms with Gasteiger partial charge >= 0.3 is 0 Å². The Kier molecular flexibility index (Phi) is 5.71. The smallest absolute Gasteiger partial charge is 0.155 e. The van der Waals surface area contributed by atoms with Gasteiger partial charge in [0.2, 0.25) is 0 Å². The van der Waals surface area contributed by atoms with E-state index in [0.717, 1.165) is 21.3 Å². The molecule has 0 amide bonds. The summed E-state index contributed by atoms with van der Waals surface area (Å²) in [5.41, 5.74) is 2.55. The van der Waals surface area contributed by atoms with Gasteiger partial charge in [0.1, 0.15) is 12.4 Å². The molecule has 25 heavy (non-hydrogen) atoms. The van der Waals surface area contributed by atoms with Crippen LogP contribution >= 0.6 is 15.9 Å². The fraction of sp³-hybridized carbons (Fsp3) is 0.0952. The molecule has 0 bridgehead atoms. The predicted octanol–water partition coefficient (Wildman–Crippen LogP) is 4.83. The van der Waals surface area contributed by atoms with Crippen molar-refractivity contribution >= 4 is 15.9 Å². The molecule has 4 heteroatoms. The van der Waals surface area contributed by atoms with Crippen molar-refractivity contribution in [2.45, 2.75) is 6.61 Å². The van der Waals surface area contributed by atoms with Gasteiger partial charge in [-0.15, -0.1) is 0 Å². The largest absolute Gasteiger partial charge is 0.497 e. The molecule has 0 aliphatic carbocycles. The fourth-order valence-corrected chi connectivity index (χ4v) is 2.56. The number of benzene rings is 2. The average Bonchev–Trinajstić information content (AvgIpc) is 2.67. The van der Waals surface area contributed by atoms with E-state index in [9.17, 15) is 0 Å². The van der Waals surface area contributed by atoms with Gasteiger partial charge in [0.15, 0.2) is 11.4 Å². The van der Waals surface area contributed by atoms with Gasteiger partial charge < -0.3 is 9.47 Å². The lowest BCUT2D eigenvalue weighted by Crippen LogP contribution is -2.00. The van der Waals surface area contributed by atoms with Gasteiger partial charge in [0.25, 0.3) is 0 Å². The lowest BCUT2D eigenvalue weighted by atomic mass is 10.2. The monoisotopic (exact) mass is 393 g/mol. The number of methoxy groups -OCH3 is 1. The molecule has 0 atom stereocenters. The highest BCUT2D eigenvalue weighted by molar-refractivity contribution is 9.10. The van der Waals surface area contributed by atoms with E-state index in [0.29, 0.717) is 18.1 Å². The maximum absolute atomic E-state index is 5.94. The third-order valence-electron chi connectivity index (χ3n) is 3.51. The van der Waals surface area contributed by atoms with E-state index in [1.165, 1.54) is 0 Å². The summed E-state index contributed by atoms with van der Waals surface area (Å²) < 4.78 is 12.2.